The molecule has 214 valence electrons. The van der Waals surface area contributed by atoms with E-state index in [0.717, 1.165) is 81.5 Å². The molecule has 43 heavy (non-hydrogen) atoms. The quantitative estimate of drug-likeness (QED) is 0.0774. The molecule has 4 aromatic carbocycles. The second-order valence-electron chi connectivity index (χ2n) is 11.3. The molecular formula is C39H36N2O2. The molecule has 0 fully saturated rings. The summed E-state index contributed by atoms with van der Waals surface area (Å²) < 4.78 is 2.25. The van der Waals surface area contributed by atoms with E-state index in [-0.39, 0.29) is 17.9 Å². The average molecular weight is 565 g/mol. The van der Waals surface area contributed by atoms with Crippen LogP contribution in [0.5, 0.6) is 0 Å². The standard InChI is InChI=1S/C39H36N2O2/c1-5-8-10-15-26(4)40-35-20-13-12-17-30(35)34-25-27(21-24-36(34)40)29-22-23-33-37-31(29)18-14-19-32(37)38(42)41(39(33)43)28(7-3)16-11-9-6-2/h1,8,10,12-15,17-25,28H,6-7,9,11,16H2,2-4H3/b10-8-,26-15+. The molecule has 4 nitrogen and oxygen atoms in total. The van der Waals surface area contributed by atoms with E-state index in [9.17, 15) is 9.59 Å². The Labute approximate surface area is 253 Å². The fraction of sp³-hybridized carbons (Fsp3) is 0.231. The van der Waals surface area contributed by atoms with Gasteiger partial charge in [-0.15, -0.1) is 6.42 Å². The van der Waals surface area contributed by atoms with Crippen LogP contribution in [-0.2, 0) is 0 Å². The lowest BCUT2D eigenvalue weighted by Crippen LogP contribution is -2.46. The first-order valence-corrected chi connectivity index (χ1v) is 15.3. The lowest BCUT2D eigenvalue weighted by Gasteiger charge is -2.34. The van der Waals surface area contributed by atoms with Crippen LogP contribution in [0.25, 0.3) is 49.4 Å². The van der Waals surface area contributed by atoms with E-state index in [1.54, 1.807) is 6.08 Å². The third kappa shape index (κ3) is 4.76. The van der Waals surface area contributed by atoms with Gasteiger partial charge in [0.05, 0.1) is 11.0 Å². The monoisotopic (exact) mass is 564 g/mol. The first kappa shape index (κ1) is 28.2. The maximum atomic E-state index is 13.9. The van der Waals surface area contributed by atoms with Crippen LogP contribution in [0.4, 0.5) is 0 Å². The third-order valence-electron chi connectivity index (χ3n) is 8.78. The predicted octanol–water partition coefficient (Wildman–Crippen LogP) is 9.62. The Morgan fingerprint density at radius 1 is 0.837 bits per heavy atom. The normalized spacial score (nSPS) is 14.4. The van der Waals surface area contributed by atoms with Crippen molar-refractivity contribution in [3.05, 3.63) is 102 Å². The van der Waals surface area contributed by atoms with Crippen molar-refractivity contribution in [3.63, 3.8) is 0 Å². The van der Waals surface area contributed by atoms with Crippen LogP contribution in [0.3, 0.4) is 0 Å². The minimum atomic E-state index is -0.178. The van der Waals surface area contributed by atoms with Crippen molar-refractivity contribution in [1.82, 2.24) is 9.47 Å². The summed E-state index contributed by atoms with van der Waals surface area (Å²) >= 11 is 0. The molecule has 5 aromatic rings. The molecule has 2 heterocycles. The smallest absolute Gasteiger partial charge is 0.261 e. The van der Waals surface area contributed by atoms with Gasteiger partial charge >= 0.3 is 0 Å². The fourth-order valence-electron chi connectivity index (χ4n) is 6.68. The number of fused-ring (bicyclic) bond motifs is 3. The molecule has 1 aliphatic heterocycles. The van der Waals surface area contributed by atoms with Crippen LogP contribution in [-0.4, -0.2) is 27.3 Å². The second-order valence-corrected chi connectivity index (χ2v) is 11.3. The number of aromatic nitrogens is 1. The van der Waals surface area contributed by atoms with Gasteiger partial charge in [0.2, 0.25) is 0 Å². The topological polar surface area (TPSA) is 42.3 Å². The number of amides is 2. The van der Waals surface area contributed by atoms with E-state index in [2.05, 4.69) is 73.7 Å². The number of rotatable bonds is 9. The minimum Gasteiger partial charge on any atom is -0.313 e. The van der Waals surface area contributed by atoms with Crippen LogP contribution in [0.1, 0.15) is 73.6 Å². The summed E-state index contributed by atoms with van der Waals surface area (Å²) in [6.45, 7) is 6.31. The Balaban J connectivity index is 1.49. The zero-order valence-corrected chi connectivity index (χ0v) is 25.1. The summed E-state index contributed by atoms with van der Waals surface area (Å²) in [6, 6.07) is 24.6. The number of unbranched alkanes of at least 4 members (excludes halogenated alkanes) is 2. The van der Waals surface area contributed by atoms with Gasteiger partial charge in [-0.2, -0.15) is 0 Å². The molecule has 1 aliphatic rings. The Morgan fingerprint density at radius 3 is 2.33 bits per heavy atom. The molecule has 1 atom stereocenters. The Bertz CT molecular complexity index is 1980. The molecule has 0 bridgehead atoms. The van der Waals surface area contributed by atoms with Crippen molar-refractivity contribution in [2.45, 2.75) is 58.9 Å². The molecule has 0 aliphatic carbocycles. The molecule has 1 aromatic heterocycles. The summed E-state index contributed by atoms with van der Waals surface area (Å²) in [7, 11) is 0. The number of imide groups is 1. The summed E-state index contributed by atoms with van der Waals surface area (Å²) in [4.78, 5) is 29.2. The van der Waals surface area contributed by atoms with Crippen molar-refractivity contribution < 1.29 is 9.59 Å². The van der Waals surface area contributed by atoms with Gasteiger partial charge in [0, 0.05) is 39.0 Å². The summed E-state index contributed by atoms with van der Waals surface area (Å²) in [5.41, 5.74) is 6.56. The Kier molecular flexibility index (Phi) is 7.74. The lowest BCUT2D eigenvalue weighted by atomic mass is 9.87. The van der Waals surface area contributed by atoms with E-state index < -0.39 is 0 Å². The summed E-state index contributed by atoms with van der Waals surface area (Å²) in [5, 5.41) is 3.98. The zero-order valence-electron chi connectivity index (χ0n) is 25.1. The van der Waals surface area contributed by atoms with Gasteiger partial charge < -0.3 is 4.57 Å². The highest BCUT2D eigenvalue weighted by Crippen LogP contribution is 2.40. The molecular weight excluding hydrogens is 528 g/mol. The predicted molar refractivity (Wildman–Crippen MR) is 179 cm³/mol. The maximum Gasteiger partial charge on any atom is 0.261 e. The number of terminal acetylenes is 1. The van der Waals surface area contributed by atoms with Crippen LogP contribution in [0.15, 0.2) is 91.0 Å². The van der Waals surface area contributed by atoms with E-state index in [1.165, 1.54) is 4.90 Å². The first-order valence-electron chi connectivity index (χ1n) is 15.3. The SMILES string of the molecule is C#C/C=C\C=C(/C)n1c2ccccc2c2cc(-c3ccc4c5c(cccc35)C(=O)N(C(CC)CCCCC)C4=O)ccc21. The number of benzene rings is 4. The number of carbonyl (C=O) groups excluding carboxylic acids is 2. The van der Waals surface area contributed by atoms with Crippen molar-refractivity contribution in [1.29, 1.82) is 0 Å². The Hall–Kier alpha value is -4.88. The molecule has 0 N–H and O–H groups in total. The molecule has 1 unspecified atom stereocenters. The van der Waals surface area contributed by atoms with Gasteiger partial charge in [-0.3, -0.25) is 14.5 Å². The van der Waals surface area contributed by atoms with Gasteiger partial charge in [0.15, 0.2) is 0 Å². The van der Waals surface area contributed by atoms with E-state index >= 15 is 0 Å². The number of allylic oxidation sites excluding steroid dienone is 4. The number of para-hydroxylation sites is 1. The Morgan fingerprint density at radius 2 is 1.56 bits per heavy atom. The molecule has 0 spiro atoms. The second kappa shape index (κ2) is 11.8. The highest BCUT2D eigenvalue weighted by molar-refractivity contribution is 6.27. The molecule has 0 saturated carbocycles. The average Bonchev–Trinajstić information content (AvgIpc) is 3.36. The van der Waals surface area contributed by atoms with Crippen LogP contribution in [0, 0.1) is 12.3 Å². The van der Waals surface area contributed by atoms with E-state index in [0.29, 0.717) is 11.1 Å². The van der Waals surface area contributed by atoms with Crippen LogP contribution < -0.4 is 0 Å². The zero-order chi connectivity index (χ0) is 30.1. The number of nitrogens with zero attached hydrogens (tertiary/aromatic N) is 2. The van der Waals surface area contributed by atoms with Crippen molar-refractivity contribution in [3.8, 4) is 23.5 Å². The lowest BCUT2D eigenvalue weighted by molar-refractivity contribution is 0.0524. The van der Waals surface area contributed by atoms with Gasteiger partial charge in [-0.1, -0.05) is 87.6 Å². The highest BCUT2D eigenvalue weighted by Gasteiger charge is 2.37. The number of hydrogen-bond donors (Lipinski definition) is 0. The number of carbonyl (C=O) groups is 2. The molecule has 6 rings (SSSR count). The largest absolute Gasteiger partial charge is 0.313 e. The third-order valence-corrected chi connectivity index (χ3v) is 8.78. The van der Waals surface area contributed by atoms with Gasteiger partial charge in [-0.05, 0) is 78.8 Å². The van der Waals surface area contributed by atoms with Crippen molar-refractivity contribution >= 4 is 50.1 Å². The van der Waals surface area contributed by atoms with Gasteiger partial charge in [-0.25, -0.2) is 0 Å². The first-order chi connectivity index (χ1) is 21.0. The van der Waals surface area contributed by atoms with Gasteiger partial charge in [0.25, 0.3) is 11.8 Å². The molecule has 2 amide bonds. The molecule has 0 radical (unpaired) electrons. The maximum absolute atomic E-state index is 13.9. The fourth-order valence-corrected chi connectivity index (χ4v) is 6.68. The van der Waals surface area contributed by atoms with Crippen LogP contribution >= 0.6 is 0 Å². The number of hydrogen-bond acceptors (Lipinski definition) is 2. The minimum absolute atomic E-state index is 0.0890. The van der Waals surface area contributed by atoms with Crippen molar-refractivity contribution in [2.75, 3.05) is 0 Å². The van der Waals surface area contributed by atoms with Gasteiger partial charge in [0.1, 0.15) is 0 Å². The summed E-state index contributed by atoms with van der Waals surface area (Å²) in [6.07, 6.45) is 15.8. The van der Waals surface area contributed by atoms with Crippen molar-refractivity contribution in [2.24, 2.45) is 0 Å². The van der Waals surface area contributed by atoms with E-state index in [4.69, 9.17) is 6.42 Å². The van der Waals surface area contributed by atoms with E-state index in [1.807, 2.05) is 42.5 Å². The molecule has 0 saturated heterocycles. The highest BCUT2D eigenvalue weighted by atomic mass is 16.2. The van der Waals surface area contributed by atoms with Crippen LogP contribution in [0.2, 0.25) is 0 Å². The summed E-state index contributed by atoms with van der Waals surface area (Å²) in [5.74, 6) is 2.19. The molecule has 4 heteroatoms.